The lowest BCUT2D eigenvalue weighted by atomic mass is 9.52. The molecule has 0 aliphatic heterocycles. The first-order valence-electron chi connectivity index (χ1n) is 12.9. The molecule has 0 unspecified atom stereocenters. The molecule has 0 radical (unpaired) electrons. The first-order chi connectivity index (χ1) is 17.5. The molecule has 4 saturated carbocycles. The van der Waals surface area contributed by atoms with E-state index in [9.17, 15) is 28.3 Å². The first-order valence-corrected chi connectivity index (χ1v) is 12.9. The molecule has 4 aliphatic carbocycles. The number of amides is 2. The highest BCUT2D eigenvalue weighted by Crippen LogP contribution is 2.55. The van der Waals surface area contributed by atoms with E-state index in [1.165, 1.54) is 22.8 Å². The number of alkyl halides is 1. The summed E-state index contributed by atoms with van der Waals surface area (Å²) in [6, 6.07) is 4.01. The number of aryl methyl sites for hydroxylation is 1. The Bertz CT molecular complexity index is 1270. The monoisotopic (exact) mass is 513 g/mol. The molecule has 1 aromatic heterocycles. The number of hydrogen-bond donors (Lipinski definition) is 3. The summed E-state index contributed by atoms with van der Waals surface area (Å²) in [6.07, 6.45) is 3.94. The van der Waals surface area contributed by atoms with Crippen molar-refractivity contribution in [2.24, 2.45) is 17.8 Å². The molecule has 0 spiro atoms. The summed E-state index contributed by atoms with van der Waals surface area (Å²) in [5.74, 6) is -1.77. The second kappa shape index (κ2) is 9.35. The van der Waals surface area contributed by atoms with E-state index in [1.54, 1.807) is 20.8 Å². The first kappa shape index (κ1) is 25.6. The Morgan fingerprint density at radius 3 is 2.38 bits per heavy atom. The number of Topliss-reactive ketones (excluding diaryl/α,β-unsaturated/α-hetero) is 1. The Labute approximate surface area is 214 Å². The maximum absolute atomic E-state index is 13.6. The topological polar surface area (TPSA) is 100 Å². The van der Waals surface area contributed by atoms with Crippen molar-refractivity contribution in [1.82, 2.24) is 9.88 Å². The number of ketones is 1. The van der Waals surface area contributed by atoms with Crippen molar-refractivity contribution < 1.29 is 28.3 Å². The molecular formula is C28H33F2N3O4. The van der Waals surface area contributed by atoms with Crippen LogP contribution in [-0.4, -0.2) is 45.6 Å². The number of nitrogens with zero attached hydrogens (tertiary/aromatic N) is 1. The average Bonchev–Trinajstić information content (AvgIpc) is 3.06. The van der Waals surface area contributed by atoms with Gasteiger partial charge in [-0.15, -0.1) is 0 Å². The lowest BCUT2D eigenvalue weighted by Gasteiger charge is -2.58. The molecule has 4 fully saturated rings. The number of rotatable bonds is 7. The normalized spacial score (nSPS) is 27.8. The fourth-order valence-corrected chi connectivity index (χ4v) is 7.34. The molecule has 3 N–H and O–H groups in total. The summed E-state index contributed by atoms with van der Waals surface area (Å²) in [5, 5.41) is 16.5. The molecule has 5 atom stereocenters. The molecule has 4 bridgehead atoms. The number of hydrogen-bond acceptors (Lipinski definition) is 4. The number of halogens is 2. The summed E-state index contributed by atoms with van der Waals surface area (Å²) in [7, 11) is 0. The van der Waals surface area contributed by atoms with Crippen LogP contribution in [0.1, 0.15) is 69.8 Å². The minimum atomic E-state index is -0.807. The van der Waals surface area contributed by atoms with Crippen LogP contribution < -0.4 is 10.6 Å². The summed E-state index contributed by atoms with van der Waals surface area (Å²) >= 11 is 0. The van der Waals surface area contributed by atoms with Gasteiger partial charge < -0.3 is 20.3 Å². The third-order valence-electron chi connectivity index (χ3n) is 8.68. The fraction of sp³-hybridized carbons (Fsp3) is 0.536. The lowest BCUT2D eigenvalue weighted by molar-refractivity contribution is -0.144. The van der Waals surface area contributed by atoms with Gasteiger partial charge in [-0.1, -0.05) is 0 Å². The van der Waals surface area contributed by atoms with E-state index in [1.807, 2.05) is 0 Å². The van der Waals surface area contributed by atoms with Crippen LogP contribution in [0.2, 0.25) is 0 Å². The van der Waals surface area contributed by atoms with Gasteiger partial charge in [0, 0.05) is 17.4 Å². The van der Waals surface area contributed by atoms with Gasteiger partial charge in [-0.3, -0.25) is 14.4 Å². The van der Waals surface area contributed by atoms with Gasteiger partial charge in [0.05, 0.1) is 23.4 Å². The van der Waals surface area contributed by atoms with Crippen LogP contribution >= 0.6 is 0 Å². The molecule has 4 aliphatic rings. The number of anilines is 1. The Balaban J connectivity index is 1.39. The molecule has 1 aromatic carbocycles. The van der Waals surface area contributed by atoms with Crippen molar-refractivity contribution in [1.29, 1.82) is 0 Å². The molecule has 37 heavy (non-hydrogen) atoms. The number of nitrogens with one attached hydrogen (secondary N) is 2. The van der Waals surface area contributed by atoms with E-state index >= 15 is 0 Å². The number of aliphatic hydroxyl groups is 1. The standard InChI is InChI=1S/C28H33F2N3O4/c1-14-8-20(4-5-21(14)30)31-26(35)22-15(2)24(33(7-6-29)16(22)3)25(34)27(36)32-23-18-9-17-10-19(23)13-28(37,11-17)12-18/h4-5,8,17-19,23,37H,6-7,9-13H2,1-3H3,(H,31,35)(H,32,36)/t17-,18-,19+,23-,28-. The van der Waals surface area contributed by atoms with Crippen molar-refractivity contribution in [3.8, 4) is 0 Å². The summed E-state index contributed by atoms with van der Waals surface area (Å²) in [5.41, 5.74) is 0.942. The highest BCUT2D eigenvalue weighted by molar-refractivity contribution is 6.43. The number of aromatic nitrogens is 1. The van der Waals surface area contributed by atoms with Gasteiger partial charge in [0.1, 0.15) is 12.5 Å². The van der Waals surface area contributed by atoms with Crippen LogP contribution in [0.15, 0.2) is 18.2 Å². The lowest BCUT2D eigenvalue weighted by Crippen LogP contribution is -2.62. The van der Waals surface area contributed by atoms with Crippen LogP contribution in [0.4, 0.5) is 14.5 Å². The maximum Gasteiger partial charge on any atom is 0.294 e. The van der Waals surface area contributed by atoms with Crippen LogP contribution in [0.3, 0.4) is 0 Å². The van der Waals surface area contributed by atoms with Gasteiger partial charge >= 0.3 is 0 Å². The van der Waals surface area contributed by atoms with E-state index in [2.05, 4.69) is 10.6 Å². The highest BCUT2D eigenvalue weighted by Gasteiger charge is 2.55. The molecule has 0 saturated heterocycles. The SMILES string of the molecule is Cc1cc(NC(=O)c2c(C)c(C(=O)C(=O)N[C@@H]3[C@@H]4C[C@@H]5C[C@H]3C[C@@](O)(C5)C4)n(CCF)c2C)ccc1F. The summed E-state index contributed by atoms with van der Waals surface area (Å²) < 4.78 is 28.5. The Hall–Kier alpha value is -3.07. The van der Waals surface area contributed by atoms with E-state index in [4.69, 9.17) is 0 Å². The van der Waals surface area contributed by atoms with Gasteiger partial charge in [-0.25, -0.2) is 8.78 Å². The predicted molar refractivity (Wildman–Crippen MR) is 134 cm³/mol. The summed E-state index contributed by atoms with van der Waals surface area (Å²) in [4.78, 5) is 39.8. The number of carbonyl (C=O) groups is 3. The van der Waals surface area contributed by atoms with Crippen LogP contribution in [-0.2, 0) is 11.3 Å². The predicted octanol–water partition coefficient (Wildman–Crippen LogP) is 4.01. The number of benzene rings is 1. The van der Waals surface area contributed by atoms with Crippen molar-refractivity contribution in [3.05, 3.63) is 52.1 Å². The minimum absolute atomic E-state index is 0.00414. The van der Waals surface area contributed by atoms with Crippen molar-refractivity contribution in [3.63, 3.8) is 0 Å². The zero-order valence-electron chi connectivity index (χ0n) is 21.4. The van der Waals surface area contributed by atoms with E-state index in [0.29, 0.717) is 41.3 Å². The van der Waals surface area contributed by atoms with Gasteiger partial charge in [-0.05, 0) is 100.0 Å². The maximum atomic E-state index is 13.6. The number of carbonyl (C=O) groups excluding carboxylic acids is 3. The second-order valence-electron chi connectivity index (χ2n) is 11.2. The second-order valence-corrected chi connectivity index (χ2v) is 11.2. The van der Waals surface area contributed by atoms with Crippen LogP contribution in [0.5, 0.6) is 0 Å². The Morgan fingerprint density at radius 1 is 1.11 bits per heavy atom. The smallest absolute Gasteiger partial charge is 0.294 e. The van der Waals surface area contributed by atoms with Crippen molar-refractivity contribution >= 4 is 23.3 Å². The van der Waals surface area contributed by atoms with Gasteiger partial charge in [-0.2, -0.15) is 0 Å². The van der Waals surface area contributed by atoms with E-state index in [-0.39, 0.29) is 35.7 Å². The molecule has 6 rings (SSSR count). The quantitative estimate of drug-likeness (QED) is 0.385. The third-order valence-corrected chi connectivity index (χ3v) is 8.68. The minimum Gasteiger partial charge on any atom is -0.390 e. The van der Waals surface area contributed by atoms with Crippen LogP contribution in [0.25, 0.3) is 0 Å². The van der Waals surface area contributed by atoms with E-state index < -0.39 is 35.7 Å². The van der Waals surface area contributed by atoms with Crippen molar-refractivity contribution in [2.45, 2.75) is 71.1 Å². The summed E-state index contributed by atoms with van der Waals surface area (Å²) in [6.45, 7) is 3.82. The Morgan fingerprint density at radius 2 is 1.78 bits per heavy atom. The third kappa shape index (κ3) is 4.47. The van der Waals surface area contributed by atoms with E-state index in [0.717, 1.165) is 19.3 Å². The molecule has 9 heteroatoms. The fourth-order valence-electron chi connectivity index (χ4n) is 7.34. The molecular weight excluding hydrogens is 480 g/mol. The molecule has 198 valence electrons. The zero-order valence-corrected chi connectivity index (χ0v) is 21.4. The highest BCUT2D eigenvalue weighted by atomic mass is 19.1. The van der Waals surface area contributed by atoms with Gasteiger partial charge in [0.25, 0.3) is 17.6 Å². The van der Waals surface area contributed by atoms with Gasteiger partial charge in [0.2, 0.25) is 0 Å². The van der Waals surface area contributed by atoms with Gasteiger partial charge in [0.15, 0.2) is 0 Å². The largest absolute Gasteiger partial charge is 0.390 e. The van der Waals surface area contributed by atoms with Crippen molar-refractivity contribution in [2.75, 3.05) is 12.0 Å². The average molecular weight is 514 g/mol. The molecule has 7 nitrogen and oxygen atoms in total. The molecule has 1 heterocycles. The molecule has 2 amide bonds. The Kier molecular flexibility index (Phi) is 6.46. The molecule has 2 aromatic rings. The van der Waals surface area contributed by atoms with Crippen LogP contribution in [0, 0.1) is 44.3 Å². The zero-order chi connectivity index (χ0) is 26.6.